The van der Waals surface area contributed by atoms with E-state index >= 15 is 0 Å². The third kappa shape index (κ3) is 3.67. The molecule has 0 spiro atoms. The number of amides is 1. The van der Waals surface area contributed by atoms with Gasteiger partial charge in [0.2, 0.25) is 11.7 Å². The molecule has 2 aromatic carbocycles. The molecular formula is C22H19N5O3. The molecule has 5 rings (SSSR count). The third-order valence-corrected chi connectivity index (χ3v) is 4.99. The fourth-order valence-electron chi connectivity index (χ4n) is 3.45. The van der Waals surface area contributed by atoms with Crippen molar-refractivity contribution in [2.45, 2.75) is 19.4 Å². The number of hydrogen-bond acceptors (Lipinski definition) is 6. The molecule has 1 aliphatic rings. The summed E-state index contributed by atoms with van der Waals surface area (Å²) < 4.78 is 11.1. The second kappa shape index (κ2) is 7.82. The van der Waals surface area contributed by atoms with Crippen LogP contribution in [0.5, 0.6) is 5.75 Å². The zero-order valence-corrected chi connectivity index (χ0v) is 16.1. The Bertz CT molecular complexity index is 1150. The van der Waals surface area contributed by atoms with E-state index in [9.17, 15) is 4.79 Å². The predicted octanol–water partition coefficient (Wildman–Crippen LogP) is 3.83. The van der Waals surface area contributed by atoms with Gasteiger partial charge >= 0.3 is 0 Å². The molecule has 0 bridgehead atoms. The van der Waals surface area contributed by atoms with Crippen LogP contribution in [-0.4, -0.2) is 32.8 Å². The van der Waals surface area contributed by atoms with Crippen LogP contribution in [-0.2, 0) is 11.4 Å². The van der Waals surface area contributed by atoms with Gasteiger partial charge in [-0.25, -0.2) is 0 Å². The quantitative estimate of drug-likeness (QED) is 0.527. The maximum atomic E-state index is 11.9. The fourth-order valence-corrected chi connectivity index (χ4v) is 3.45. The second-order valence-electron chi connectivity index (χ2n) is 6.99. The zero-order chi connectivity index (χ0) is 20.3. The normalized spacial score (nSPS) is 13.7. The van der Waals surface area contributed by atoms with Gasteiger partial charge in [-0.1, -0.05) is 35.5 Å². The second-order valence-corrected chi connectivity index (χ2v) is 6.99. The average molecular weight is 401 g/mol. The van der Waals surface area contributed by atoms with Crippen LogP contribution in [0.15, 0.2) is 65.3 Å². The highest BCUT2D eigenvalue weighted by Gasteiger charge is 2.21. The molecule has 8 nitrogen and oxygen atoms in total. The lowest BCUT2D eigenvalue weighted by molar-refractivity contribution is -0.117. The molecule has 4 aromatic rings. The first-order chi connectivity index (χ1) is 14.8. The molecular weight excluding hydrogens is 382 g/mol. The van der Waals surface area contributed by atoms with E-state index in [1.165, 1.54) is 0 Å². The Morgan fingerprint density at radius 3 is 2.73 bits per heavy atom. The van der Waals surface area contributed by atoms with E-state index in [4.69, 9.17) is 9.26 Å². The van der Waals surface area contributed by atoms with E-state index in [0.29, 0.717) is 23.9 Å². The first kappa shape index (κ1) is 18.1. The van der Waals surface area contributed by atoms with Crippen molar-refractivity contribution >= 4 is 11.6 Å². The molecule has 0 atom stereocenters. The number of carbonyl (C=O) groups excluding carboxylic acids is 1. The number of anilines is 1. The van der Waals surface area contributed by atoms with E-state index < -0.39 is 0 Å². The largest absolute Gasteiger partial charge is 0.484 e. The maximum absolute atomic E-state index is 11.9. The van der Waals surface area contributed by atoms with Crippen LogP contribution in [0.1, 0.15) is 18.7 Å². The summed E-state index contributed by atoms with van der Waals surface area (Å²) in [6.45, 7) is 0.894. The van der Waals surface area contributed by atoms with Gasteiger partial charge in [-0.15, -0.1) is 0 Å². The zero-order valence-electron chi connectivity index (χ0n) is 16.1. The first-order valence-electron chi connectivity index (χ1n) is 9.72. The van der Waals surface area contributed by atoms with E-state index in [2.05, 4.69) is 20.3 Å². The van der Waals surface area contributed by atoms with E-state index in [0.717, 1.165) is 35.5 Å². The van der Waals surface area contributed by atoms with Gasteiger partial charge in [0.1, 0.15) is 5.75 Å². The number of ether oxygens (including phenoxy) is 1. The predicted molar refractivity (Wildman–Crippen MR) is 110 cm³/mol. The molecule has 1 saturated heterocycles. The number of carbonyl (C=O) groups is 1. The van der Waals surface area contributed by atoms with Gasteiger partial charge in [-0.3, -0.25) is 9.89 Å². The SMILES string of the molecule is O=C1CCCN1c1cccc(OCc2nc(-c3ccc(-c4ccn[nH]4)cc3)no2)c1. The van der Waals surface area contributed by atoms with E-state index in [1.807, 2.05) is 54.6 Å². The van der Waals surface area contributed by atoms with E-state index in [1.54, 1.807) is 11.1 Å². The van der Waals surface area contributed by atoms with Gasteiger partial charge in [0.05, 0.1) is 5.69 Å². The minimum absolute atomic E-state index is 0.146. The summed E-state index contributed by atoms with van der Waals surface area (Å²) in [5, 5.41) is 10.9. The van der Waals surface area contributed by atoms with Crippen molar-refractivity contribution in [3.05, 3.63) is 66.7 Å². The summed E-state index contributed by atoms with van der Waals surface area (Å²) in [4.78, 5) is 18.1. The van der Waals surface area contributed by atoms with Crippen LogP contribution in [0, 0.1) is 0 Å². The summed E-state index contributed by atoms with van der Waals surface area (Å²) >= 11 is 0. The van der Waals surface area contributed by atoms with Crippen LogP contribution in [0.4, 0.5) is 5.69 Å². The Labute approximate surface area is 172 Å². The van der Waals surface area contributed by atoms with Crippen molar-refractivity contribution in [3.63, 3.8) is 0 Å². The molecule has 1 fully saturated rings. The number of nitrogens with zero attached hydrogens (tertiary/aromatic N) is 4. The van der Waals surface area contributed by atoms with Gasteiger partial charge < -0.3 is 14.2 Å². The van der Waals surface area contributed by atoms with Crippen LogP contribution >= 0.6 is 0 Å². The maximum Gasteiger partial charge on any atom is 0.264 e. The van der Waals surface area contributed by atoms with Gasteiger partial charge in [-0.2, -0.15) is 10.1 Å². The minimum atomic E-state index is 0.146. The number of rotatable bonds is 6. The van der Waals surface area contributed by atoms with Gasteiger partial charge in [-0.05, 0) is 30.2 Å². The fraction of sp³-hybridized carbons (Fsp3) is 0.182. The van der Waals surface area contributed by atoms with Crippen molar-refractivity contribution < 1.29 is 14.1 Å². The Hall–Kier alpha value is -3.94. The summed E-state index contributed by atoms with van der Waals surface area (Å²) in [5.74, 6) is 1.68. The van der Waals surface area contributed by atoms with Crippen molar-refractivity contribution in [2.75, 3.05) is 11.4 Å². The number of aromatic nitrogens is 4. The Morgan fingerprint density at radius 1 is 1.10 bits per heavy atom. The summed E-state index contributed by atoms with van der Waals surface area (Å²) in [7, 11) is 0. The number of nitrogens with one attached hydrogen (secondary N) is 1. The molecule has 30 heavy (non-hydrogen) atoms. The van der Waals surface area contributed by atoms with Gasteiger partial charge in [0.15, 0.2) is 6.61 Å². The van der Waals surface area contributed by atoms with Crippen molar-refractivity contribution in [1.29, 1.82) is 0 Å². The molecule has 1 amide bonds. The van der Waals surface area contributed by atoms with E-state index in [-0.39, 0.29) is 12.5 Å². The first-order valence-corrected chi connectivity index (χ1v) is 9.72. The van der Waals surface area contributed by atoms with Crippen LogP contribution in [0.3, 0.4) is 0 Å². The third-order valence-electron chi connectivity index (χ3n) is 4.99. The molecule has 150 valence electrons. The standard InChI is InChI=1S/C22H19N5O3/c28-21-5-2-12-27(21)17-3-1-4-18(13-17)29-14-20-24-22(26-30-20)16-8-6-15(7-9-16)19-10-11-23-25-19/h1,3-4,6-11,13H,2,5,12,14H2,(H,23,25). The highest BCUT2D eigenvalue weighted by molar-refractivity contribution is 5.95. The molecule has 1 N–H and O–H groups in total. The number of hydrogen-bond donors (Lipinski definition) is 1. The molecule has 0 saturated carbocycles. The Morgan fingerprint density at radius 2 is 1.97 bits per heavy atom. The minimum Gasteiger partial charge on any atom is -0.484 e. The van der Waals surface area contributed by atoms with Gasteiger partial charge in [0, 0.05) is 36.5 Å². The highest BCUT2D eigenvalue weighted by Crippen LogP contribution is 2.26. The molecule has 0 radical (unpaired) electrons. The molecule has 3 heterocycles. The molecule has 8 heteroatoms. The lowest BCUT2D eigenvalue weighted by atomic mass is 10.1. The molecule has 0 aliphatic carbocycles. The summed E-state index contributed by atoms with van der Waals surface area (Å²) in [6.07, 6.45) is 3.20. The van der Waals surface area contributed by atoms with Crippen molar-refractivity contribution in [2.24, 2.45) is 0 Å². The molecule has 2 aromatic heterocycles. The number of aromatic amines is 1. The van der Waals surface area contributed by atoms with Crippen molar-refractivity contribution in [3.8, 4) is 28.4 Å². The summed E-state index contributed by atoms with van der Waals surface area (Å²) in [6, 6.07) is 17.2. The lowest BCUT2D eigenvalue weighted by Gasteiger charge is -2.16. The average Bonchev–Trinajstić information content (AvgIpc) is 3.54. The topological polar surface area (TPSA) is 97.1 Å². The Kier molecular flexibility index (Phi) is 4.72. The molecule has 0 unspecified atom stereocenters. The van der Waals surface area contributed by atoms with Crippen LogP contribution < -0.4 is 9.64 Å². The number of H-pyrrole nitrogens is 1. The molecule has 1 aliphatic heterocycles. The number of benzene rings is 2. The lowest BCUT2D eigenvalue weighted by Crippen LogP contribution is -2.23. The summed E-state index contributed by atoms with van der Waals surface area (Å²) in [5.41, 5.74) is 3.67. The van der Waals surface area contributed by atoms with Crippen LogP contribution in [0.2, 0.25) is 0 Å². The van der Waals surface area contributed by atoms with Crippen molar-refractivity contribution in [1.82, 2.24) is 20.3 Å². The highest BCUT2D eigenvalue weighted by atomic mass is 16.5. The Balaban J connectivity index is 1.25. The van der Waals surface area contributed by atoms with Crippen LogP contribution in [0.25, 0.3) is 22.6 Å². The smallest absolute Gasteiger partial charge is 0.264 e. The van der Waals surface area contributed by atoms with Gasteiger partial charge in [0.25, 0.3) is 5.89 Å². The monoisotopic (exact) mass is 401 g/mol.